The normalized spacial score (nSPS) is 26.2. The smallest absolute Gasteiger partial charge is 0.306 e. The molecule has 0 unspecified atom stereocenters. The highest BCUT2D eigenvalue weighted by molar-refractivity contribution is 6.74. The number of esters is 1. The minimum Gasteiger partial charge on any atom is -0.544 e. The molecule has 0 amide bonds. The summed E-state index contributed by atoms with van der Waals surface area (Å²) in [4.78, 5) is 12.5. The van der Waals surface area contributed by atoms with Crippen molar-refractivity contribution in [2.45, 2.75) is 96.9 Å². The van der Waals surface area contributed by atoms with Gasteiger partial charge in [-0.1, -0.05) is 39.0 Å². The van der Waals surface area contributed by atoms with Crippen LogP contribution < -0.4 is 4.43 Å². The van der Waals surface area contributed by atoms with Crippen LogP contribution in [0.2, 0.25) is 18.1 Å². The van der Waals surface area contributed by atoms with E-state index in [-0.39, 0.29) is 29.1 Å². The van der Waals surface area contributed by atoms with Gasteiger partial charge in [0.2, 0.25) is 8.32 Å². The third kappa shape index (κ3) is 5.83. The molecule has 3 rings (SSSR count). The molecular weight excluding hydrogens is 420 g/mol. The van der Waals surface area contributed by atoms with E-state index in [0.717, 1.165) is 23.3 Å². The van der Waals surface area contributed by atoms with Gasteiger partial charge in [-0.3, -0.25) is 4.79 Å². The fourth-order valence-corrected chi connectivity index (χ4v) is 5.29. The summed E-state index contributed by atoms with van der Waals surface area (Å²) < 4.78 is 23.9. The van der Waals surface area contributed by atoms with Gasteiger partial charge in [0.05, 0.1) is 19.1 Å². The molecule has 0 bridgehead atoms. The largest absolute Gasteiger partial charge is 0.544 e. The fourth-order valence-electron chi connectivity index (χ4n) is 4.25. The Morgan fingerprint density at radius 3 is 2.44 bits per heavy atom. The Kier molecular flexibility index (Phi) is 7.28. The Hall–Kier alpha value is -1.63. The minimum atomic E-state index is -1.84. The molecule has 0 spiro atoms. The van der Waals surface area contributed by atoms with Crippen molar-refractivity contribution < 1.29 is 23.4 Å². The molecular formula is C26H40O5Si. The summed E-state index contributed by atoms with van der Waals surface area (Å²) in [6.07, 6.45) is 3.93. The number of ether oxygens (including phenoxy) is 3. The van der Waals surface area contributed by atoms with Gasteiger partial charge in [0.25, 0.3) is 0 Å². The highest BCUT2D eigenvalue weighted by Crippen LogP contribution is 2.45. The van der Waals surface area contributed by atoms with E-state index < -0.39 is 14.1 Å². The van der Waals surface area contributed by atoms with Crippen LogP contribution in [0, 0.1) is 5.92 Å². The van der Waals surface area contributed by atoms with Gasteiger partial charge in [0.15, 0.2) is 5.79 Å². The number of carbonyl (C=O) groups excluding carboxylic acids is 1. The van der Waals surface area contributed by atoms with E-state index in [4.69, 9.17) is 18.6 Å². The van der Waals surface area contributed by atoms with Gasteiger partial charge in [-0.25, -0.2) is 0 Å². The van der Waals surface area contributed by atoms with Crippen LogP contribution in [-0.4, -0.2) is 38.9 Å². The molecule has 1 aliphatic heterocycles. The molecule has 1 heterocycles. The van der Waals surface area contributed by atoms with Crippen LogP contribution in [-0.2, 0) is 25.4 Å². The van der Waals surface area contributed by atoms with Crippen LogP contribution in [0.1, 0.15) is 59.9 Å². The average Bonchev–Trinajstić information content (AvgIpc) is 3.12. The minimum absolute atomic E-state index is 0.0288. The van der Waals surface area contributed by atoms with Gasteiger partial charge >= 0.3 is 5.97 Å². The highest BCUT2D eigenvalue weighted by Gasteiger charge is 2.50. The fraction of sp³-hybridized carbons (Fsp3) is 0.654. The summed E-state index contributed by atoms with van der Waals surface area (Å²) in [5, 5.41) is 0.166. The lowest BCUT2D eigenvalue weighted by Gasteiger charge is -2.36. The number of allylic oxidation sites excluding steroid dienone is 1. The van der Waals surface area contributed by atoms with Crippen molar-refractivity contribution in [3.05, 3.63) is 41.5 Å². The van der Waals surface area contributed by atoms with Crippen LogP contribution in [0.15, 0.2) is 35.9 Å². The van der Waals surface area contributed by atoms with E-state index in [1.807, 2.05) is 32.9 Å². The molecule has 0 aromatic heterocycles. The lowest BCUT2D eigenvalue weighted by molar-refractivity contribution is -0.151. The van der Waals surface area contributed by atoms with Crippen molar-refractivity contribution in [3.63, 3.8) is 0 Å². The Labute approximate surface area is 194 Å². The second-order valence-corrected chi connectivity index (χ2v) is 15.7. The van der Waals surface area contributed by atoms with Crippen molar-refractivity contribution in [1.82, 2.24) is 0 Å². The van der Waals surface area contributed by atoms with Crippen molar-refractivity contribution in [2.75, 3.05) is 6.61 Å². The zero-order chi connectivity index (χ0) is 23.7. The van der Waals surface area contributed by atoms with E-state index in [9.17, 15) is 4.79 Å². The van der Waals surface area contributed by atoms with Crippen LogP contribution in [0.5, 0.6) is 5.75 Å². The number of hydrogen-bond donors (Lipinski definition) is 0. The lowest BCUT2D eigenvalue weighted by Crippen LogP contribution is -2.43. The quantitative estimate of drug-likeness (QED) is 0.282. The van der Waals surface area contributed by atoms with E-state index in [1.54, 1.807) is 0 Å². The Morgan fingerprint density at radius 1 is 1.19 bits per heavy atom. The predicted octanol–water partition coefficient (Wildman–Crippen LogP) is 6.03. The first-order valence-corrected chi connectivity index (χ1v) is 14.7. The van der Waals surface area contributed by atoms with Crippen LogP contribution in [0.3, 0.4) is 0 Å². The number of hydrogen-bond acceptors (Lipinski definition) is 5. The maximum atomic E-state index is 12.5. The molecule has 178 valence electrons. The van der Waals surface area contributed by atoms with Gasteiger partial charge in [0, 0.05) is 6.42 Å². The lowest BCUT2D eigenvalue weighted by atomic mass is 9.98. The first-order valence-electron chi connectivity index (χ1n) is 11.8. The maximum absolute atomic E-state index is 12.5. The zero-order valence-electron chi connectivity index (χ0n) is 21.0. The van der Waals surface area contributed by atoms with Gasteiger partial charge in [-0.2, -0.15) is 0 Å². The van der Waals surface area contributed by atoms with E-state index in [2.05, 4.69) is 52.1 Å². The van der Waals surface area contributed by atoms with Crippen molar-refractivity contribution in [2.24, 2.45) is 5.92 Å². The molecule has 2 aliphatic rings. The second-order valence-electron chi connectivity index (χ2n) is 11.0. The van der Waals surface area contributed by atoms with Gasteiger partial charge in [0.1, 0.15) is 11.9 Å². The van der Waals surface area contributed by atoms with E-state index in [1.165, 1.54) is 0 Å². The number of rotatable bonds is 7. The predicted molar refractivity (Wildman–Crippen MR) is 129 cm³/mol. The van der Waals surface area contributed by atoms with E-state index >= 15 is 0 Å². The SMILES string of the molecule is C/C=C1\[C@H](CC(=O)OCCc2ccc(O[Si](C)(C)C(C)(C)C)cc2)C[C@H]2OC(C)(C)O[C@@H]12. The molecule has 1 aromatic carbocycles. The van der Waals surface area contributed by atoms with Gasteiger partial charge in [-0.05, 0) is 74.5 Å². The first kappa shape index (κ1) is 25.0. The number of carbonyl (C=O) groups is 1. The Morgan fingerprint density at radius 2 is 1.84 bits per heavy atom. The standard InChI is InChI=1S/C26H40O5Si/c1-9-21-19(16-22-24(21)30-26(5,6)29-22)17-23(27)28-15-14-18-10-12-20(13-11-18)31-32(7,8)25(2,3)4/h9-13,19,22,24H,14-17H2,1-8H3/b21-9+/t19-,22+,24-/m0/s1. The third-order valence-electron chi connectivity index (χ3n) is 7.00. The number of benzene rings is 1. The average molecular weight is 461 g/mol. The Bertz CT molecular complexity index is 835. The molecule has 0 N–H and O–H groups in total. The highest BCUT2D eigenvalue weighted by atomic mass is 28.4. The molecule has 2 fully saturated rings. The summed E-state index contributed by atoms with van der Waals surface area (Å²) in [6.45, 7) is 17.5. The summed E-state index contributed by atoms with van der Waals surface area (Å²) in [6, 6.07) is 8.16. The monoisotopic (exact) mass is 460 g/mol. The molecule has 1 aliphatic carbocycles. The summed E-state index contributed by atoms with van der Waals surface area (Å²) in [5.74, 6) is 0.327. The molecule has 32 heavy (non-hydrogen) atoms. The van der Waals surface area contributed by atoms with E-state index in [0.29, 0.717) is 19.4 Å². The van der Waals surface area contributed by atoms with Crippen molar-refractivity contribution in [1.29, 1.82) is 0 Å². The molecule has 3 atom stereocenters. The van der Waals surface area contributed by atoms with Crippen molar-refractivity contribution in [3.8, 4) is 5.75 Å². The summed E-state index contributed by atoms with van der Waals surface area (Å²) >= 11 is 0. The van der Waals surface area contributed by atoms with Gasteiger partial charge < -0.3 is 18.6 Å². The third-order valence-corrected chi connectivity index (χ3v) is 11.4. The maximum Gasteiger partial charge on any atom is 0.306 e. The summed E-state index contributed by atoms with van der Waals surface area (Å²) in [7, 11) is -1.84. The number of fused-ring (bicyclic) bond motifs is 1. The molecule has 5 nitrogen and oxygen atoms in total. The van der Waals surface area contributed by atoms with Crippen LogP contribution in [0.4, 0.5) is 0 Å². The van der Waals surface area contributed by atoms with Crippen molar-refractivity contribution >= 4 is 14.3 Å². The van der Waals surface area contributed by atoms with Gasteiger partial charge in [-0.15, -0.1) is 0 Å². The summed E-state index contributed by atoms with van der Waals surface area (Å²) in [5.41, 5.74) is 2.30. The Balaban J connectivity index is 1.44. The molecule has 1 aromatic rings. The molecule has 1 saturated heterocycles. The topological polar surface area (TPSA) is 54.0 Å². The zero-order valence-corrected chi connectivity index (χ0v) is 22.0. The molecule has 1 saturated carbocycles. The second kappa shape index (κ2) is 9.32. The van der Waals surface area contributed by atoms with Crippen LogP contribution in [0.25, 0.3) is 0 Å². The first-order chi connectivity index (χ1) is 14.8. The molecule has 6 heteroatoms. The molecule has 0 radical (unpaired) electrons. The van der Waals surface area contributed by atoms with Crippen LogP contribution >= 0.6 is 0 Å².